The highest BCUT2D eigenvalue weighted by Gasteiger charge is 2.22. The van der Waals surface area contributed by atoms with Crippen molar-refractivity contribution in [2.45, 2.75) is 23.6 Å². The summed E-state index contributed by atoms with van der Waals surface area (Å²) in [4.78, 5) is 0.106. The third-order valence-corrected chi connectivity index (χ3v) is 7.14. The number of hydrogen-bond acceptors (Lipinski definition) is 5. The van der Waals surface area contributed by atoms with Gasteiger partial charge in [0.15, 0.2) is 0 Å². The molecule has 0 fully saturated rings. The molecule has 0 aliphatic rings. The van der Waals surface area contributed by atoms with Crippen LogP contribution >= 0.6 is 0 Å². The minimum absolute atomic E-state index is 0.00346. The van der Waals surface area contributed by atoms with Gasteiger partial charge >= 0.3 is 0 Å². The van der Waals surface area contributed by atoms with Gasteiger partial charge < -0.3 is 4.74 Å². The number of methoxy groups -OCH3 is 1. The molecule has 3 aromatic rings. The molecule has 0 amide bonds. The number of sulfonamides is 2. The molecule has 0 unspecified atom stereocenters. The zero-order chi connectivity index (χ0) is 21.9. The van der Waals surface area contributed by atoms with E-state index in [1.807, 2.05) is 13.8 Å². The fraction of sp³-hybridized carbons (Fsp3) is 0.143. The predicted molar refractivity (Wildman–Crippen MR) is 117 cm³/mol. The van der Waals surface area contributed by atoms with E-state index >= 15 is 0 Å². The first-order valence-corrected chi connectivity index (χ1v) is 11.9. The van der Waals surface area contributed by atoms with Crippen LogP contribution in [-0.2, 0) is 20.0 Å². The number of aryl methyl sites for hydroxylation is 2. The average Bonchev–Trinajstić information content (AvgIpc) is 2.69. The molecule has 158 valence electrons. The number of anilines is 2. The number of ether oxygens (including phenoxy) is 1. The summed E-state index contributed by atoms with van der Waals surface area (Å²) in [6, 6.07) is 17.2. The molecule has 0 aliphatic heterocycles. The monoisotopic (exact) mass is 446 g/mol. The Morgan fingerprint density at radius 3 is 1.60 bits per heavy atom. The topological polar surface area (TPSA) is 102 Å². The maximum absolute atomic E-state index is 12.9. The molecule has 9 heteroatoms. The van der Waals surface area contributed by atoms with Crippen molar-refractivity contribution in [1.29, 1.82) is 0 Å². The molecule has 0 spiro atoms. The van der Waals surface area contributed by atoms with Crippen molar-refractivity contribution in [3.63, 3.8) is 0 Å². The van der Waals surface area contributed by atoms with Crippen LogP contribution in [0.25, 0.3) is 0 Å². The Hall–Kier alpha value is -3.04. The van der Waals surface area contributed by atoms with E-state index in [0.29, 0.717) is 0 Å². The minimum atomic E-state index is -3.98. The van der Waals surface area contributed by atoms with Crippen LogP contribution in [0.3, 0.4) is 0 Å². The summed E-state index contributed by atoms with van der Waals surface area (Å²) < 4.78 is 61.5. The van der Waals surface area contributed by atoms with Crippen molar-refractivity contribution >= 4 is 31.4 Å². The molecule has 0 heterocycles. The van der Waals surface area contributed by atoms with E-state index in [1.54, 1.807) is 30.3 Å². The van der Waals surface area contributed by atoms with Crippen molar-refractivity contribution < 1.29 is 21.6 Å². The van der Waals surface area contributed by atoms with Crippen molar-refractivity contribution in [3.05, 3.63) is 77.9 Å². The Labute approximate surface area is 176 Å². The molecule has 0 saturated heterocycles. The van der Waals surface area contributed by atoms with Crippen LogP contribution in [0.5, 0.6) is 5.75 Å². The fourth-order valence-electron chi connectivity index (χ4n) is 2.72. The van der Waals surface area contributed by atoms with Gasteiger partial charge in [-0.05, 0) is 50.2 Å². The second kappa shape index (κ2) is 8.37. The molecule has 7 nitrogen and oxygen atoms in total. The predicted octanol–water partition coefficient (Wildman–Crippen LogP) is 3.91. The number of hydrogen-bond donors (Lipinski definition) is 2. The van der Waals surface area contributed by atoms with Crippen LogP contribution < -0.4 is 14.2 Å². The Bertz CT molecular complexity index is 1250. The Kier molecular flexibility index (Phi) is 6.04. The van der Waals surface area contributed by atoms with Gasteiger partial charge in [-0.15, -0.1) is 0 Å². The first kappa shape index (κ1) is 21.7. The number of nitrogens with one attached hydrogen (secondary N) is 2. The molecule has 0 atom stereocenters. The zero-order valence-electron chi connectivity index (χ0n) is 16.7. The summed E-state index contributed by atoms with van der Waals surface area (Å²) in [5.41, 5.74) is 1.88. The maximum atomic E-state index is 12.9. The van der Waals surface area contributed by atoms with Gasteiger partial charge in [-0.25, -0.2) is 16.8 Å². The molecule has 0 radical (unpaired) electrons. The van der Waals surface area contributed by atoms with Gasteiger partial charge in [0.05, 0.1) is 22.6 Å². The van der Waals surface area contributed by atoms with E-state index < -0.39 is 20.0 Å². The first-order valence-electron chi connectivity index (χ1n) is 8.98. The molecular formula is C21H22N2O5S2. The average molecular weight is 447 g/mol. The molecular weight excluding hydrogens is 424 g/mol. The van der Waals surface area contributed by atoms with E-state index in [-0.39, 0.29) is 26.9 Å². The Morgan fingerprint density at radius 1 is 0.667 bits per heavy atom. The van der Waals surface area contributed by atoms with E-state index in [0.717, 1.165) is 11.1 Å². The van der Waals surface area contributed by atoms with Crippen molar-refractivity contribution in [1.82, 2.24) is 0 Å². The van der Waals surface area contributed by atoms with E-state index in [9.17, 15) is 16.8 Å². The van der Waals surface area contributed by atoms with Gasteiger partial charge in [0.25, 0.3) is 20.0 Å². The summed E-state index contributed by atoms with van der Waals surface area (Å²) in [5.74, 6) is 0.176. The summed E-state index contributed by atoms with van der Waals surface area (Å²) >= 11 is 0. The standard InChI is InChI=1S/C21H22N2O5S2/c1-15-7-11-17(12-8-15)29(24,25)22-19-5-4-6-20(28-3)21(19)23-30(26,27)18-13-9-16(2)10-14-18/h4-14,22-23H,1-3H3. The van der Waals surface area contributed by atoms with Crippen molar-refractivity contribution in [2.24, 2.45) is 0 Å². The lowest BCUT2D eigenvalue weighted by Crippen LogP contribution is -2.18. The third kappa shape index (κ3) is 4.74. The van der Waals surface area contributed by atoms with Gasteiger partial charge in [-0.2, -0.15) is 0 Å². The number of benzene rings is 3. The lowest BCUT2D eigenvalue weighted by Gasteiger charge is -2.17. The van der Waals surface area contributed by atoms with Crippen LogP contribution in [0.2, 0.25) is 0 Å². The Balaban J connectivity index is 2.01. The quantitative estimate of drug-likeness (QED) is 0.573. The molecule has 30 heavy (non-hydrogen) atoms. The van der Waals surface area contributed by atoms with Crippen LogP contribution in [0.4, 0.5) is 11.4 Å². The largest absolute Gasteiger partial charge is 0.494 e. The van der Waals surface area contributed by atoms with Gasteiger partial charge in [0.2, 0.25) is 0 Å². The lowest BCUT2D eigenvalue weighted by molar-refractivity contribution is 0.417. The normalized spacial score (nSPS) is 11.7. The molecule has 0 saturated carbocycles. The summed E-state index contributed by atoms with van der Waals surface area (Å²) in [7, 11) is -6.55. The molecule has 3 rings (SSSR count). The number of para-hydroxylation sites is 1. The lowest BCUT2D eigenvalue weighted by atomic mass is 10.2. The zero-order valence-corrected chi connectivity index (χ0v) is 18.3. The fourth-order valence-corrected chi connectivity index (χ4v) is 4.89. The third-order valence-electron chi connectivity index (χ3n) is 4.39. The summed E-state index contributed by atoms with van der Waals surface area (Å²) in [5, 5.41) is 0. The van der Waals surface area contributed by atoms with Gasteiger partial charge in [0, 0.05) is 0 Å². The highest BCUT2D eigenvalue weighted by atomic mass is 32.2. The SMILES string of the molecule is COc1cccc(NS(=O)(=O)c2ccc(C)cc2)c1NS(=O)(=O)c1ccc(C)cc1. The highest BCUT2D eigenvalue weighted by Crippen LogP contribution is 2.35. The highest BCUT2D eigenvalue weighted by molar-refractivity contribution is 7.93. The van der Waals surface area contributed by atoms with Gasteiger partial charge in [0.1, 0.15) is 11.4 Å². The molecule has 2 N–H and O–H groups in total. The van der Waals surface area contributed by atoms with E-state index in [2.05, 4.69) is 9.44 Å². The number of rotatable bonds is 7. The van der Waals surface area contributed by atoms with Crippen LogP contribution in [0, 0.1) is 13.8 Å². The maximum Gasteiger partial charge on any atom is 0.262 e. The second-order valence-electron chi connectivity index (χ2n) is 6.72. The first-order chi connectivity index (χ1) is 14.1. The molecule has 0 bridgehead atoms. The smallest absolute Gasteiger partial charge is 0.262 e. The van der Waals surface area contributed by atoms with Crippen molar-refractivity contribution in [3.8, 4) is 5.75 Å². The second-order valence-corrected chi connectivity index (χ2v) is 10.1. The Morgan fingerprint density at radius 2 is 1.13 bits per heavy atom. The van der Waals surface area contributed by atoms with Crippen LogP contribution in [0.1, 0.15) is 11.1 Å². The van der Waals surface area contributed by atoms with Gasteiger partial charge in [-0.1, -0.05) is 41.5 Å². The van der Waals surface area contributed by atoms with E-state index in [1.165, 1.54) is 43.5 Å². The van der Waals surface area contributed by atoms with E-state index in [4.69, 9.17) is 4.74 Å². The molecule has 0 aromatic heterocycles. The molecule has 0 aliphatic carbocycles. The summed E-state index contributed by atoms with van der Waals surface area (Å²) in [6.07, 6.45) is 0. The molecule has 3 aromatic carbocycles. The minimum Gasteiger partial charge on any atom is -0.494 e. The summed E-state index contributed by atoms with van der Waals surface area (Å²) in [6.45, 7) is 3.70. The van der Waals surface area contributed by atoms with Crippen LogP contribution in [0.15, 0.2) is 76.5 Å². The van der Waals surface area contributed by atoms with Crippen LogP contribution in [-0.4, -0.2) is 23.9 Å². The van der Waals surface area contributed by atoms with Gasteiger partial charge in [-0.3, -0.25) is 9.44 Å². The van der Waals surface area contributed by atoms with Crippen molar-refractivity contribution in [2.75, 3.05) is 16.6 Å².